The van der Waals surface area contributed by atoms with Crippen LogP contribution < -0.4 is 0 Å². The van der Waals surface area contributed by atoms with Crippen molar-refractivity contribution in [2.75, 3.05) is 0 Å². The van der Waals surface area contributed by atoms with Crippen LogP contribution in [0, 0.1) is 13.8 Å². The molecule has 0 spiro atoms. The van der Waals surface area contributed by atoms with Crippen LogP contribution in [0.1, 0.15) is 11.1 Å². The number of hydrogen-bond acceptors (Lipinski definition) is 3. The first-order valence-corrected chi connectivity index (χ1v) is 6.66. The lowest BCUT2D eigenvalue weighted by molar-refractivity contribution is 0.471. The van der Waals surface area contributed by atoms with Gasteiger partial charge in [0, 0.05) is 11.1 Å². The number of aryl methyl sites for hydroxylation is 1. The van der Waals surface area contributed by atoms with Gasteiger partial charge in [0.05, 0.1) is 16.5 Å². The van der Waals surface area contributed by atoms with Gasteiger partial charge in [-0.15, -0.1) is 0 Å². The van der Waals surface area contributed by atoms with E-state index in [1.807, 2.05) is 26.0 Å². The Kier molecular flexibility index (Phi) is 2.78. The SMILES string of the molecule is Cc1ccc(O)c(C)c1-c1cnc2[nH]c(Br)cc2n1. The highest BCUT2D eigenvalue weighted by Gasteiger charge is 2.12. The summed E-state index contributed by atoms with van der Waals surface area (Å²) in [4.78, 5) is 12.0. The number of fused-ring (bicyclic) bond motifs is 1. The first kappa shape index (κ1) is 12.2. The van der Waals surface area contributed by atoms with Crippen LogP contribution in [0.5, 0.6) is 5.75 Å². The largest absolute Gasteiger partial charge is 0.508 e. The fraction of sp³-hybridized carbons (Fsp3) is 0.143. The third-order valence-corrected chi connectivity index (χ3v) is 3.63. The van der Waals surface area contributed by atoms with E-state index in [1.54, 1.807) is 12.3 Å². The van der Waals surface area contributed by atoms with Gasteiger partial charge in [-0.1, -0.05) is 6.07 Å². The van der Waals surface area contributed by atoms with E-state index in [0.717, 1.165) is 38.2 Å². The molecule has 19 heavy (non-hydrogen) atoms. The second kappa shape index (κ2) is 4.35. The van der Waals surface area contributed by atoms with Crippen LogP contribution in [0.3, 0.4) is 0 Å². The molecule has 2 aromatic heterocycles. The zero-order valence-corrected chi connectivity index (χ0v) is 12.1. The van der Waals surface area contributed by atoms with Gasteiger partial charge in [0.25, 0.3) is 0 Å². The van der Waals surface area contributed by atoms with Crippen molar-refractivity contribution in [3.05, 3.63) is 40.1 Å². The average molecular weight is 318 g/mol. The molecule has 2 N–H and O–H groups in total. The molecule has 0 saturated carbocycles. The minimum atomic E-state index is 0.276. The second-order valence-electron chi connectivity index (χ2n) is 4.51. The summed E-state index contributed by atoms with van der Waals surface area (Å²) < 4.78 is 0.851. The zero-order valence-electron chi connectivity index (χ0n) is 10.5. The lowest BCUT2D eigenvalue weighted by Gasteiger charge is -2.10. The molecule has 96 valence electrons. The molecular weight excluding hydrogens is 306 g/mol. The number of nitrogens with zero attached hydrogens (tertiary/aromatic N) is 2. The van der Waals surface area contributed by atoms with Crippen molar-refractivity contribution < 1.29 is 5.11 Å². The minimum Gasteiger partial charge on any atom is -0.508 e. The maximum atomic E-state index is 9.84. The van der Waals surface area contributed by atoms with Gasteiger partial charge in [-0.25, -0.2) is 9.97 Å². The smallest absolute Gasteiger partial charge is 0.156 e. The van der Waals surface area contributed by atoms with Crippen LogP contribution in [-0.2, 0) is 0 Å². The summed E-state index contributed by atoms with van der Waals surface area (Å²) in [5.74, 6) is 0.276. The summed E-state index contributed by atoms with van der Waals surface area (Å²) in [6.45, 7) is 3.89. The number of rotatable bonds is 1. The van der Waals surface area contributed by atoms with Crippen molar-refractivity contribution in [3.8, 4) is 17.0 Å². The van der Waals surface area contributed by atoms with Crippen LogP contribution in [0.2, 0.25) is 0 Å². The van der Waals surface area contributed by atoms with E-state index in [4.69, 9.17) is 0 Å². The Balaban J connectivity index is 2.27. The first-order valence-electron chi connectivity index (χ1n) is 5.87. The summed E-state index contributed by atoms with van der Waals surface area (Å²) in [6, 6.07) is 5.48. The van der Waals surface area contributed by atoms with Crippen molar-refractivity contribution in [2.24, 2.45) is 0 Å². The number of hydrogen-bond donors (Lipinski definition) is 2. The van der Waals surface area contributed by atoms with Crippen LogP contribution >= 0.6 is 15.9 Å². The molecule has 0 unspecified atom stereocenters. The Hall–Kier alpha value is -1.88. The number of aromatic amines is 1. The maximum absolute atomic E-state index is 9.84. The van der Waals surface area contributed by atoms with E-state index in [1.165, 1.54) is 0 Å². The summed E-state index contributed by atoms with van der Waals surface area (Å²) in [5, 5.41) is 9.84. The Labute approximate surface area is 118 Å². The number of aromatic nitrogens is 3. The van der Waals surface area contributed by atoms with Crippen molar-refractivity contribution in [1.29, 1.82) is 0 Å². The van der Waals surface area contributed by atoms with Gasteiger partial charge in [-0.3, -0.25) is 0 Å². The van der Waals surface area contributed by atoms with Gasteiger partial charge in [-0.2, -0.15) is 0 Å². The predicted molar refractivity (Wildman–Crippen MR) is 78.2 cm³/mol. The van der Waals surface area contributed by atoms with E-state index < -0.39 is 0 Å². The van der Waals surface area contributed by atoms with E-state index in [2.05, 4.69) is 30.9 Å². The van der Waals surface area contributed by atoms with E-state index in [9.17, 15) is 5.11 Å². The summed E-state index contributed by atoms with van der Waals surface area (Å²) in [7, 11) is 0. The quantitative estimate of drug-likeness (QED) is 0.719. The molecule has 4 nitrogen and oxygen atoms in total. The number of benzene rings is 1. The molecule has 0 aliphatic rings. The topological polar surface area (TPSA) is 61.8 Å². The third kappa shape index (κ3) is 2.00. The fourth-order valence-corrected chi connectivity index (χ4v) is 2.62. The summed E-state index contributed by atoms with van der Waals surface area (Å²) in [6.07, 6.45) is 1.72. The lowest BCUT2D eigenvalue weighted by atomic mass is 9.99. The maximum Gasteiger partial charge on any atom is 0.156 e. The van der Waals surface area contributed by atoms with Crippen LogP contribution in [0.4, 0.5) is 0 Å². The normalized spacial score (nSPS) is 11.1. The predicted octanol–water partition coefficient (Wildman–Crippen LogP) is 3.71. The minimum absolute atomic E-state index is 0.276. The summed E-state index contributed by atoms with van der Waals surface area (Å²) >= 11 is 3.37. The number of aromatic hydroxyl groups is 1. The van der Waals surface area contributed by atoms with Gasteiger partial charge in [0.15, 0.2) is 5.65 Å². The molecule has 0 amide bonds. The highest BCUT2D eigenvalue weighted by atomic mass is 79.9. The number of halogens is 1. The second-order valence-corrected chi connectivity index (χ2v) is 5.36. The van der Waals surface area contributed by atoms with Crippen molar-refractivity contribution in [2.45, 2.75) is 13.8 Å². The summed E-state index contributed by atoms with van der Waals surface area (Å²) in [5.41, 5.74) is 5.14. The zero-order chi connectivity index (χ0) is 13.6. The van der Waals surface area contributed by atoms with Crippen LogP contribution in [-0.4, -0.2) is 20.1 Å². The molecule has 3 rings (SSSR count). The van der Waals surface area contributed by atoms with Crippen molar-refractivity contribution in [1.82, 2.24) is 15.0 Å². The standard InChI is InChI=1S/C14H12BrN3O/c1-7-3-4-11(19)8(2)13(7)10-6-16-14-9(17-10)5-12(15)18-14/h3-6,19H,1-2H3,(H,16,18). The van der Waals surface area contributed by atoms with Gasteiger partial charge < -0.3 is 10.1 Å². The first-order chi connectivity index (χ1) is 9.06. The van der Waals surface area contributed by atoms with Crippen LogP contribution in [0.15, 0.2) is 29.0 Å². The third-order valence-electron chi connectivity index (χ3n) is 3.20. The Morgan fingerprint density at radius 3 is 2.84 bits per heavy atom. The number of H-pyrrole nitrogens is 1. The molecule has 0 atom stereocenters. The Bertz CT molecular complexity index is 780. The van der Waals surface area contributed by atoms with Gasteiger partial charge in [-0.05, 0) is 47.5 Å². The fourth-order valence-electron chi connectivity index (χ4n) is 2.22. The highest BCUT2D eigenvalue weighted by molar-refractivity contribution is 9.10. The van der Waals surface area contributed by atoms with E-state index in [0.29, 0.717) is 0 Å². The van der Waals surface area contributed by atoms with Gasteiger partial charge in [0.1, 0.15) is 11.3 Å². The Morgan fingerprint density at radius 2 is 2.05 bits per heavy atom. The molecule has 0 fully saturated rings. The lowest BCUT2D eigenvalue weighted by Crippen LogP contribution is -1.93. The molecule has 0 aliphatic carbocycles. The Morgan fingerprint density at radius 1 is 1.26 bits per heavy atom. The molecule has 0 aliphatic heterocycles. The number of nitrogens with one attached hydrogen (secondary N) is 1. The number of phenols is 1. The van der Waals surface area contributed by atoms with E-state index in [-0.39, 0.29) is 5.75 Å². The molecule has 0 bridgehead atoms. The molecule has 0 radical (unpaired) electrons. The molecule has 2 heterocycles. The molecule has 1 aromatic carbocycles. The van der Waals surface area contributed by atoms with Crippen LogP contribution in [0.25, 0.3) is 22.4 Å². The molecule has 5 heteroatoms. The monoisotopic (exact) mass is 317 g/mol. The highest BCUT2D eigenvalue weighted by Crippen LogP contribution is 2.31. The molecular formula is C14H12BrN3O. The van der Waals surface area contributed by atoms with Crippen molar-refractivity contribution in [3.63, 3.8) is 0 Å². The van der Waals surface area contributed by atoms with E-state index >= 15 is 0 Å². The number of phenolic OH excluding ortho intramolecular Hbond substituents is 1. The van der Waals surface area contributed by atoms with Gasteiger partial charge >= 0.3 is 0 Å². The average Bonchev–Trinajstić information content (AvgIpc) is 2.74. The van der Waals surface area contributed by atoms with Gasteiger partial charge in [0.2, 0.25) is 0 Å². The van der Waals surface area contributed by atoms with Crippen molar-refractivity contribution >= 4 is 27.1 Å². The molecule has 0 saturated heterocycles. The molecule has 3 aromatic rings.